The van der Waals surface area contributed by atoms with Gasteiger partial charge in [-0.1, -0.05) is 26.7 Å². The molecule has 0 radical (unpaired) electrons. The van der Waals surface area contributed by atoms with Gasteiger partial charge in [0, 0.05) is 12.1 Å². The minimum absolute atomic E-state index is 0.471. The summed E-state index contributed by atoms with van der Waals surface area (Å²) in [7, 11) is 0. The van der Waals surface area contributed by atoms with Gasteiger partial charge in [0.1, 0.15) is 0 Å². The van der Waals surface area contributed by atoms with Crippen LogP contribution in [-0.2, 0) is 0 Å². The fourth-order valence-electron chi connectivity index (χ4n) is 3.32. The van der Waals surface area contributed by atoms with Gasteiger partial charge in [-0.25, -0.2) is 0 Å². The van der Waals surface area contributed by atoms with E-state index in [1.165, 1.54) is 58.0 Å². The summed E-state index contributed by atoms with van der Waals surface area (Å²) >= 11 is 0. The van der Waals surface area contributed by atoms with Crippen LogP contribution in [0.5, 0.6) is 0 Å². The Labute approximate surface area is 101 Å². The van der Waals surface area contributed by atoms with Gasteiger partial charge in [-0.3, -0.25) is 0 Å². The number of hydrogen-bond acceptors (Lipinski definition) is 2. The molecule has 0 aromatic heterocycles. The second-order valence-electron chi connectivity index (χ2n) is 6.28. The van der Waals surface area contributed by atoms with Crippen molar-refractivity contribution < 1.29 is 0 Å². The Balaban J connectivity index is 1.84. The lowest BCUT2D eigenvalue weighted by molar-refractivity contribution is 0.0622. The van der Waals surface area contributed by atoms with Crippen LogP contribution in [0.25, 0.3) is 0 Å². The molecule has 2 rings (SSSR count). The molecule has 0 spiro atoms. The van der Waals surface area contributed by atoms with Crippen LogP contribution in [0.1, 0.15) is 58.8 Å². The van der Waals surface area contributed by atoms with E-state index < -0.39 is 0 Å². The van der Waals surface area contributed by atoms with E-state index in [1.54, 1.807) is 0 Å². The van der Waals surface area contributed by atoms with E-state index in [0.717, 1.165) is 6.04 Å². The van der Waals surface area contributed by atoms with Crippen molar-refractivity contribution >= 4 is 0 Å². The SMILES string of the molecule is CCC1(C)CCN(C2CCCC(N)C2)CC1. The molecule has 1 aliphatic carbocycles. The third-order valence-electron chi connectivity index (χ3n) is 5.06. The molecular weight excluding hydrogens is 196 g/mol. The Bertz CT molecular complexity index is 219. The maximum atomic E-state index is 6.08. The Morgan fingerprint density at radius 1 is 1.25 bits per heavy atom. The molecule has 2 aliphatic rings. The average molecular weight is 224 g/mol. The molecule has 0 amide bonds. The van der Waals surface area contributed by atoms with E-state index in [9.17, 15) is 0 Å². The van der Waals surface area contributed by atoms with Crippen LogP contribution in [-0.4, -0.2) is 30.1 Å². The number of piperidine rings is 1. The lowest BCUT2D eigenvalue weighted by atomic mass is 9.77. The van der Waals surface area contributed by atoms with Crippen molar-refractivity contribution in [3.8, 4) is 0 Å². The summed E-state index contributed by atoms with van der Waals surface area (Å²) in [6.07, 6.45) is 9.32. The lowest BCUT2D eigenvalue weighted by Gasteiger charge is -2.44. The molecule has 2 nitrogen and oxygen atoms in total. The molecule has 2 unspecified atom stereocenters. The van der Waals surface area contributed by atoms with Crippen LogP contribution in [0.4, 0.5) is 0 Å². The zero-order chi connectivity index (χ0) is 11.6. The van der Waals surface area contributed by atoms with Crippen LogP contribution in [0.15, 0.2) is 0 Å². The zero-order valence-electron chi connectivity index (χ0n) is 11.0. The third-order valence-corrected chi connectivity index (χ3v) is 5.06. The third kappa shape index (κ3) is 2.78. The number of hydrogen-bond donors (Lipinski definition) is 1. The normalized spacial score (nSPS) is 36.2. The van der Waals surface area contributed by atoms with Crippen LogP contribution in [0, 0.1) is 5.41 Å². The van der Waals surface area contributed by atoms with Gasteiger partial charge in [0.25, 0.3) is 0 Å². The molecular formula is C14H28N2. The summed E-state index contributed by atoms with van der Waals surface area (Å²) in [6, 6.07) is 1.27. The van der Waals surface area contributed by atoms with Gasteiger partial charge in [0.2, 0.25) is 0 Å². The van der Waals surface area contributed by atoms with E-state index in [0.29, 0.717) is 11.5 Å². The highest BCUT2D eigenvalue weighted by Gasteiger charge is 2.32. The number of nitrogens with zero attached hydrogens (tertiary/aromatic N) is 1. The van der Waals surface area contributed by atoms with Gasteiger partial charge in [-0.2, -0.15) is 0 Å². The molecule has 0 aromatic carbocycles. The largest absolute Gasteiger partial charge is 0.328 e. The number of nitrogens with two attached hydrogens (primary N) is 1. The summed E-state index contributed by atoms with van der Waals surface area (Å²) in [5, 5.41) is 0. The predicted octanol–water partition coefficient (Wildman–Crippen LogP) is 2.77. The van der Waals surface area contributed by atoms with Crippen molar-refractivity contribution in [3.05, 3.63) is 0 Å². The molecule has 1 aliphatic heterocycles. The summed E-state index contributed by atoms with van der Waals surface area (Å²) in [5.74, 6) is 0. The smallest absolute Gasteiger partial charge is 0.0110 e. The fourth-order valence-corrected chi connectivity index (χ4v) is 3.32. The zero-order valence-corrected chi connectivity index (χ0v) is 11.0. The predicted molar refractivity (Wildman–Crippen MR) is 69.4 cm³/mol. The van der Waals surface area contributed by atoms with Crippen molar-refractivity contribution in [2.45, 2.75) is 70.9 Å². The van der Waals surface area contributed by atoms with Gasteiger partial charge >= 0.3 is 0 Å². The highest BCUT2D eigenvalue weighted by Crippen LogP contribution is 2.36. The minimum atomic E-state index is 0.471. The van der Waals surface area contributed by atoms with Gasteiger partial charge in [0.05, 0.1) is 0 Å². The van der Waals surface area contributed by atoms with E-state index in [4.69, 9.17) is 5.73 Å². The topological polar surface area (TPSA) is 29.3 Å². The first-order valence-corrected chi connectivity index (χ1v) is 7.12. The standard InChI is InChI=1S/C14H28N2/c1-3-14(2)7-9-16(10-8-14)13-6-4-5-12(15)11-13/h12-13H,3-11,15H2,1-2H3. The molecule has 2 atom stereocenters. The average Bonchev–Trinajstić information content (AvgIpc) is 2.30. The number of rotatable bonds is 2. The van der Waals surface area contributed by atoms with Crippen molar-refractivity contribution in [2.24, 2.45) is 11.1 Å². The molecule has 0 aromatic rings. The Hall–Kier alpha value is -0.0800. The van der Waals surface area contributed by atoms with Gasteiger partial charge in [-0.15, -0.1) is 0 Å². The van der Waals surface area contributed by atoms with Crippen LogP contribution in [0.3, 0.4) is 0 Å². The Morgan fingerprint density at radius 3 is 2.50 bits per heavy atom. The summed E-state index contributed by atoms with van der Waals surface area (Å²) in [5.41, 5.74) is 6.70. The van der Waals surface area contributed by atoms with Crippen LogP contribution >= 0.6 is 0 Å². The first kappa shape index (κ1) is 12.4. The second-order valence-corrected chi connectivity index (χ2v) is 6.28. The van der Waals surface area contributed by atoms with E-state index in [1.807, 2.05) is 0 Å². The monoisotopic (exact) mass is 224 g/mol. The first-order chi connectivity index (χ1) is 7.63. The molecule has 1 heterocycles. The highest BCUT2D eigenvalue weighted by molar-refractivity contribution is 4.88. The molecule has 16 heavy (non-hydrogen) atoms. The summed E-state index contributed by atoms with van der Waals surface area (Å²) < 4.78 is 0. The minimum Gasteiger partial charge on any atom is -0.328 e. The van der Waals surface area contributed by atoms with Crippen LogP contribution < -0.4 is 5.73 Å². The first-order valence-electron chi connectivity index (χ1n) is 7.12. The number of likely N-dealkylation sites (tertiary alicyclic amines) is 1. The fraction of sp³-hybridized carbons (Fsp3) is 1.00. The Morgan fingerprint density at radius 2 is 1.94 bits per heavy atom. The maximum absolute atomic E-state index is 6.08. The molecule has 94 valence electrons. The quantitative estimate of drug-likeness (QED) is 0.781. The van der Waals surface area contributed by atoms with Crippen molar-refractivity contribution in [2.75, 3.05) is 13.1 Å². The van der Waals surface area contributed by atoms with E-state index in [-0.39, 0.29) is 0 Å². The second kappa shape index (κ2) is 5.05. The Kier molecular flexibility index (Phi) is 3.91. The molecule has 0 bridgehead atoms. The van der Waals surface area contributed by atoms with Crippen molar-refractivity contribution in [1.29, 1.82) is 0 Å². The van der Waals surface area contributed by atoms with Gasteiger partial charge < -0.3 is 10.6 Å². The maximum Gasteiger partial charge on any atom is 0.0110 e. The molecule has 2 heteroatoms. The van der Waals surface area contributed by atoms with Crippen molar-refractivity contribution in [1.82, 2.24) is 4.90 Å². The van der Waals surface area contributed by atoms with E-state index >= 15 is 0 Å². The summed E-state index contributed by atoms with van der Waals surface area (Å²) in [6.45, 7) is 7.41. The molecule has 1 saturated heterocycles. The van der Waals surface area contributed by atoms with Gasteiger partial charge in [0.15, 0.2) is 0 Å². The molecule has 1 saturated carbocycles. The van der Waals surface area contributed by atoms with E-state index in [2.05, 4.69) is 18.7 Å². The molecule has 2 fully saturated rings. The summed E-state index contributed by atoms with van der Waals surface area (Å²) in [4.78, 5) is 2.72. The lowest BCUT2D eigenvalue weighted by Crippen LogP contribution is -2.47. The molecule has 2 N–H and O–H groups in total. The highest BCUT2D eigenvalue weighted by atomic mass is 15.2. The van der Waals surface area contributed by atoms with Gasteiger partial charge in [-0.05, 0) is 50.6 Å². The van der Waals surface area contributed by atoms with Crippen LogP contribution in [0.2, 0.25) is 0 Å². The van der Waals surface area contributed by atoms with Crippen molar-refractivity contribution in [3.63, 3.8) is 0 Å².